The highest BCUT2D eigenvalue weighted by Crippen LogP contribution is 1.86. The molecule has 0 saturated carbocycles. The molecule has 4 nitrogen and oxygen atoms in total. The second kappa shape index (κ2) is 1.81. The lowest BCUT2D eigenvalue weighted by atomic mass is 10.5. The molecule has 0 unspecified atom stereocenters. The molecular weight excluding hydrogens is 104 g/mol. The molecule has 1 rings (SSSR count). The number of hydrogen-bond donors (Lipinski definition) is 1. The summed E-state index contributed by atoms with van der Waals surface area (Å²) in [5.74, 6) is 6.04. The van der Waals surface area contributed by atoms with E-state index >= 15 is 0 Å². The summed E-state index contributed by atoms with van der Waals surface area (Å²) in [6.45, 7) is 1.96. The van der Waals surface area contributed by atoms with Gasteiger partial charge in [0, 0.05) is 6.42 Å². The van der Waals surface area contributed by atoms with Gasteiger partial charge in [0.15, 0.2) is 5.82 Å². The standard InChI is InChI=1S/C4H7N4/c1-2-4-7-6-3-8(4)5/h2,5H2,1H3. The molecule has 2 N–H and O–H groups in total. The third kappa shape index (κ3) is 0.641. The molecule has 1 heterocycles. The minimum atomic E-state index is 0.755. The van der Waals surface area contributed by atoms with Gasteiger partial charge in [-0.15, -0.1) is 10.2 Å². The van der Waals surface area contributed by atoms with E-state index in [4.69, 9.17) is 5.84 Å². The molecule has 0 aliphatic rings. The summed E-state index contributed by atoms with van der Waals surface area (Å²) in [4.78, 5) is 0. The quantitative estimate of drug-likeness (QED) is 0.490. The largest absolute Gasteiger partial charge is 0.336 e. The summed E-state index contributed by atoms with van der Waals surface area (Å²) < 4.78 is 1.29. The van der Waals surface area contributed by atoms with Gasteiger partial charge in [0.1, 0.15) is 0 Å². The van der Waals surface area contributed by atoms with Crippen molar-refractivity contribution in [3.05, 3.63) is 12.2 Å². The van der Waals surface area contributed by atoms with Crippen LogP contribution in [0.25, 0.3) is 0 Å². The zero-order chi connectivity index (χ0) is 5.98. The van der Waals surface area contributed by atoms with Crippen molar-refractivity contribution in [3.8, 4) is 0 Å². The predicted molar refractivity (Wildman–Crippen MR) is 28.4 cm³/mol. The summed E-state index contributed by atoms with van der Waals surface area (Å²) >= 11 is 0. The van der Waals surface area contributed by atoms with Crippen molar-refractivity contribution < 1.29 is 0 Å². The van der Waals surface area contributed by atoms with Crippen LogP contribution in [0.5, 0.6) is 0 Å². The third-order valence-corrected chi connectivity index (χ3v) is 0.912. The Morgan fingerprint density at radius 3 is 2.88 bits per heavy atom. The second-order valence-corrected chi connectivity index (χ2v) is 1.44. The van der Waals surface area contributed by atoms with E-state index < -0.39 is 0 Å². The first-order chi connectivity index (χ1) is 3.84. The first-order valence-electron chi connectivity index (χ1n) is 2.41. The molecule has 1 aromatic rings. The summed E-state index contributed by atoms with van der Waals surface area (Å²) in [6, 6.07) is 0. The monoisotopic (exact) mass is 111 g/mol. The van der Waals surface area contributed by atoms with Gasteiger partial charge < -0.3 is 5.84 Å². The van der Waals surface area contributed by atoms with Crippen molar-refractivity contribution in [2.24, 2.45) is 0 Å². The highest BCUT2D eigenvalue weighted by Gasteiger charge is 1.94. The number of nitrogens with two attached hydrogens (primary N) is 1. The Kier molecular flexibility index (Phi) is 1.15. The number of nitrogen functional groups attached to an aromatic ring is 1. The maximum Gasteiger partial charge on any atom is 0.222 e. The van der Waals surface area contributed by atoms with Crippen molar-refractivity contribution in [3.63, 3.8) is 0 Å². The van der Waals surface area contributed by atoms with Crippen LogP contribution < -0.4 is 5.84 Å². The third-order valence-electron chi connectivity index (χ3n) is 0.912. The fraction of sp³-hybridized carbons (Fsp3) is 0.500. The van der Waals surface area contributed by atoms with Gasteiger partial charge in [0.25, 0.3) is 0 Å². The van der Waals surface area contributed by atoms with E-state index in [0.717, 1.165) is 12.2 Å². The first-order valence-corrected chi connectivity index (χ1v) is 2.41. The average molecular weight is 111 g/mol. The predicted octanol–water partition coefficient (Wildman–Crippen LogP) is -0.646. The zero-order valence-corrected chi connectivity index (χ0v) is 4.63. The van der Waals surface area contributed by atoms with Crippen molar-refractivity contribution >= 4 is 0 Å². The Morgan fingerprint density at radius 1 is 1.88 bits per heavy atom. The Hall–Kier alpha value is -1.06. The van der Waals surface area contributed by atoms with Crippen molar-refractivity contribution in [1.29, 1.82) is 0 Å². The van der Waals surface area contributed by atoms with Gasteiger partial charge in [0.05, 0.1) is 0 Å². The molecule has 0 fully saturated rings. The zero-order valence-electron chi connectivity index (χ0n) is 4.63. The smallest absolute Gasteiger partial charge is 0.222 e. The van der Waals surface area contributed by atoms with Crippen LogP contribution >= 0.6 is 0 Å². The number of rotatable bonds is 1. The highest BCUT2D eigenvalue weighted by molar-refractivity contribution is 4.81. The number of aromatic nitrogens is 3. The maximum atomic E-state index is 5.29. The fourth-order valence-electron chi connectivity index (χ4n) is 0.475. The minimum absolute atomic E-state index is 0.755. The molecule has 8 heavy (non-hydrogen) atoms. The van der Waals surface area contributed by atoms with Crippen LogP contribution in [0.15, 0.2) is 0 Å². The molecule has 1 radical (unpaired) electrons. The molecule has 0 amide bonds. The van der Waals surface area contributed by atoms with Crippen LogP contribution in [-0.2, 0) is 6.42 Å². The van der Waals surface area contributed by atoms with Gasteiger partial charge >= 0.3 is 0 Å². The van der Waals surface area contributed by atoms with Gasteiger partial charge in [-0.3, -0.25) is 0 Å². The SMILES string of the molecule is CCc1nn[c]n1N. The fourth-order valence-corrected chi connectivity index (χ4v) is 0.475. The molecule has 4 heteroatoms. The van der Waals surface area contributed by atoms with Gasteiger partial charge in [-0.25, -0.2) is 4.68 Å². The Balaban J connectivity index is 2.92. The molecule has 0 saturated heterocycles. The molecule has 0 aliphatic heterocycles. The topological polar surface area (TPSA) is 56.7 Å². The van der Waals surface area contributed by atoms with Gasteiger partial charge in [0.2, 0.25) is 6.33 Å². The van der Waals surface area contributed by atoms with E-state index in [2.05, 4.69) is 16.5 Å². The lowest BCUT2D eigenvalue weighted by Gasteiger charge is -1.89. The molecule has 0 aliphatic carbocycles. The first kappa shape index (κ1) is 5.08. The number of nitrogens with zero attached hydrogens (tertiary/aromatic N) is 3. The molecule has 0 spiro atoms. The van der Waals surface area contributed by atoms with Gasteiger partial charge in [-0.05, 0) is 0 Å². The molecule has 0 atom stereocenters. The lowest BCUT2D eigenvalue weighted by Crippen LogP contribution is -2.10. The minimum Gasteiger partial charge on any atom is -0.336 e. The van der Waals surface area contributed by atoms with Gasteiger partial charge in [-0.1, -0.05) is 6.92 Å². The van der Waals surface area contributed by atoms with Gasteiger partial charge in [-0.2, -0.15) is 0 Å². The summed E-state index contributed by atoms with van der Waals surface area (Å²) in [6.07, 6.45) is 3.25. The molecule has 43 valence electrons. The molecule has 0 aromatic carbocycles. The second-order valence-electron chi connectivity index (χ2n) is 1.44. The Bertz CT molecular complexity index is 168. The van der Waals surface area contributed by atoms with Crippen molar-refractivity contribution in [2.45, 2.75) is 13.3 Å². The summed E-state index contributed by atoms with van der Waals surface area (Å²) in [5.41, 5.74) is 0. The lowest BCUT2D eigenvalue weighted by molar-refractivity contribution is 0.852. The highest BCUT2D eigenvalue weighted by atomic mass is 15.4. The maximum absolute atomic E-state index is 5.29. The molecule has 1 aromatic heterocycles. The van der Waals surface area contributed by atoms with E-state index in [1.54, 1.807) is 0 Å². The summed E-state index contributed by atoms with van der Waals surface area (Å²) in [7, 11) is 0. The van der Waals surface area contributed by atoms with Crippen LogP contribution in [0.3, 0.4) is 0 Å². The van der Waals surface area contributed by atoms with E-state index in [9.17, 15) is 0 Å². The van der Waals surface area contributed by atoms with Crippen molar-refractivity contribution in [1.82, 2.24) is 14.9 Å². The van der Waals surface area contributed by atoms with E-state index in [-0.39, 0.29) is 0 Å². The van der Waals surface area contributed by atoms with E-state index in [0.29, 0.717) is 0 Å². The van der Waals surface area contributed by atoms with Crippen LogP contribution in [-0.4, -0.2) is 14.9 Å². The van der Waals surface area contributed by atoms with Crippen LogP contribution in [0.1, 0.15) is 12.7 Å². The summed E-state index contributed by atoms with van der Waals surface area (Å²) in [5, 5.41) is 7.12. The van der Waals surface area contributed by atoms with E-state index in [1.165, 1.54) is 4.68 Å². The van der Waals surface area contributed by atoms with Crippen molar-refractivity contribution in [2.75, 3.05) is 5.84 Å². The average Bonchev–Trinajstić information content (AvgIpc) is 2.14. The Morgan fingerprint density at radius 2 is 2.62 bits per heavy atom. The molecular formula is C4H7N4. The number of hydrogen-bond acceptors (Lipinski definition) is 3. The Labute approximate surface area is 47.3 Å². The van der Waals surface area contributed by atoms with Crippen LogP contribution in [0.4, 0.5) is 0 Å². The van der Waals surface area contributed by atoms with Crippen LogP contribution in [0, 0.1) is 6.33 Å². The molecule has 0 bridgehead atoms. The van der Waals surface area contributed by atoms with Crippen LogP contribution in [0.2, 0.25) is 0 Å². The number of aryl methyl sites for hydroxylation is 1. The normalized spacial score (nSPS) is 9.62. The van der Waals surface area contributed by atoms with E-state index in [1.807, 2.05) is 6.92 Å².